The van der Waals surface area contributed by atoms with Crippen LogP contribution in [0.1, 0.15) is 36.1 Å². The van der Waals surface area contributed by atoms with Gasteiger partial charge in [-0.05, 0) is 32.0 Å². The summed E-state index contributed by atoms with van der Waals surface area (Å²) >= 11 is 0. The lowest BCUT2D eigenvalue weighted by molar-refractivity contribution is -0.153. The van der Waals surface area contributed by atoms with Crippen molar-refractivity contribution in [3.63, 3.8) is 0 Å². The van der Waals surface area contributed by atoms with Crippen LogP contribution in [0.4, 0.5) is 13.2 Å². The van der Waals surface area contributed by atoms with E-state index in [0.29, 0.717) is 6.07 Å². The highest BCUT2D eigenvalue weighted by Gasteiger charge is 2.72. The normalized spacial score (nSPS) is 28.1. The van der Waals surface area contributed by atoms with Crippen molar-refractivity contribution < 1.29 is 37.7 Å². The van der Waals surface area contributed by atoms with Crippen LogP contribution >= 0.6 is 0 Å². The van der Waals surface area contributed by atoms with Gasteiger partial charge < -0.3 is 19.7 Å². The number of methoxy groups -OCH3 is 1. The smallest absolute Gasteiger partial charge is 0.417 e. The molecule has 32 heavy (non-hydrogen) atoms. The number of benzene rings is 1. The number of esters is 1. The van der Waals surface area contributed by atoms with Gasteiger partial charge in [-0.2, -0.15) is 23.7 Å². The van der Waals surface area contributed by atoms with Crippen LogP contribution in [0.2, 0.25) is 0 Å². The molecule has 1 fully saturated rings. The maximum atomic E-state index is 13.4. The summed E-state index contributed by atoms with van der Waals surface area (Å²) in [5.41, 5.74) is -5.27. The van der Waals surface area contributed by atoms with Gasteiger partial charge in [0.2, 0.25) is 11.8 Å². The number of alkyl halides is 3. The molecule has 0 spiro atoms. The van der Waals surface area contributed by atoms with Gasteiger partial charge in [0, 0.05) is 0 Å². The number of rotatable bonds is 2. The van der Waals surface area contributed by atoms with Gasteiger partial charge in [0.05, 0.1) is 53.1 Å². The molecule has 2 aromatic rings. The van der Waals surface area contributed by atoms with Crippen LogP contribution in [0.15, 0.2) is 18.2 Å². The van der Waals surface area contributed by atoms with Gasteiger partial charge in [0.1, 0.15) is 17.1 Å². The van der Waals surface area contributed by atoms with E-state index in [1.165, 1.54) is 19.9 Å². The van der Waals surface area contributed by atoms with Crippen molar-refractivity contribution in [2.24, 2.45) is 11.8 Å². The molecule has 0 radical (unpaired) electrons. The molecular formula is C21H16F3N3O5. The highest BCUT2D eigenvalue weighted by atomic mass is 19.4. The molecule has 3 heterocycles. The number of carbonyl (C=O) groups excluding carboxylic acids is 1. The maximum Gasteiger partial charge on any atom is 0.417 e. The van der Waals surface area contributed by atoms with Gasteiger partial charge in [-0.3, -0.25) is 9.36 Å². The van der Waals surface area contributed by atoms with Crippen molar-refractivity contribution >= 4 is 5.97 Å². The van der Waals surface area contributed by atoms with Gasteiger partial charge in [0.25, 0.3) is 0 Å². The Balaban J connectivity index is 2.00. The second-order valence-corrected chi connectivity index (χ2v) is 8.00. The first-order valence-corrected chi connectivity index (χ1v) is 9.33. The number of fused-ring (bicyclic) bond motifs is 5. The van der Waals surface area contributed by atoms with Crippen LogP contribution in [0, 0.1) is 34.5 Å². The van der Waals surface area contributed by atoms with E-state index < -0.39 is 58.1 Å². The Labute approximate surface area is 179 Å². The quantitative estimate of drug-likeness (QED) is 0.677. The first-order valence-electron chi connectivity index (χ1n) is 9.33. The Kier molecular flexibility index (Phi) is 4.31. The summed E-state index contributed by atoms with van der Waals surface area (Å²) < 4.78 is 51.9. The van der Waals surface area contributed by atoms with Crippen LogP contribution in [-0.2, 0) is 31.6 Å². The largest absolute Gasteiger partial charge is 0.494 e. The number of carbonyl (C=O) groups is 1. The van der Waals surface area contributed by atoms with Crippen molar-refractivity contribution in [2.75, 3.05) is 7.11 Å². The molecule has 2 N–H and O–H groups in total. The van der Waals surface area contributed by atoms with E-state index in [2.05, 4.69) is 0 Å². The summed E-state index contributed by atoms with van der Waals surface area (Å²) in [6.45, 7) is 2.90. The molecule has 1 aromatic carbocycles. The topological polar surface area (TPSA) is 128 Å². The number of hydrogen-bond acceptors (Lipinski definition) is 7. The molecule has 2 aliphatic rings. The van der Waals surface area contributed by atoms with E-state index in [1.54, 1.807) is 0 Å². The Bertz CT molecular complexity index is 1260. The third kappa shape index (κ3) is 2.43. The molecule has 11 heteroatoms. The van der Waals surface area contributed by atoms with Crippen LogP contribution in [0.25, 0.3) is 5.69 Å². The van der Waals surface area contributed by atoms with E-state index >= 15 is 0 Å². The molecular weight excluding hydrogens is 431 g/mol. The van der Waals surface area contributed by atoms with E-state index in [-0.39, 0.29) is 16.8 Å². The molecule has 4 atom stereocenters. The Morgan fingerprint density at radius 3 is 2.28 bits per heavy atom. The van der Waals surface area contributed by atoms with Crippen LogP contribution < -0.4 is 0 Å². The number of nitrogens with zero attached hydrogens (tertiary/aromatic N) is 3. The van der Waals surface area contributed by atoms with Gasteiger partial charge in [0.15, 0.2) is 0 Å². The third-order valence-electron chi connectivity index (χ3n) is 6.34. The molecule has 1 saturated heterocycles. The molecule has 2 aliphatic heterocycles. The number of aromatic nitrogens is 1. The Morgan fingerprint density at radius 2 is 1.78 bits per heavy atom. The Hall–Kier alpha value is -3.70. The van der Waals surface area contributed by atoms with Gasteiger partial charge in [-0.25, -0.2) is 0 Å². The van der Waals surface area contributed by atoms with Gasteiger partial charge >= 0.3 is 12.1 Å². The number of hydrogen-bond donors (Lipinski definition) is 2. The van der Waals surface area contributed by atoms with Crippen LogP contribution in [0.3, 0.4) is 0 Å². The predicted octanol–water partition coefficient (Wildman–Crippen LogP) is 3.18. The standard InChI is InChI=1S/C21H16F3N3O5/c1-19-12(8-26)13(18(30)31-3)20(2,32-19)15-14(19)16(28)27(17(15)29)10-5-4-9(7-25)11(6-10)21(22,23)24/h4-6,12-13,28-29H,1-3H3/t12-,13+,19-,20+/m1/s1. The number of halogens is 3. The monoisotopic (exact) mass is 447 g/mol. The van der Waals surface area contributed by atoms with Crippen molar-refractivity contribution in [1.29, 1.82) is 10.5 Å². The first-order chi connectivity index (χ1) is 14.9. The fourth-order valence-corrected chi connectivity index (χ4v) is 5.04. The number of nitriles is 2. The summed E-state index contributed by atoms with van der Waals surface area (Å²) in [7, 11) is 1.13. The fourth-order valence-electron chi connectivity index (χ4n) is 5.04. The molecule has 166 valence electrons. The van der Waals surface area contributed by atoms with Gasteiger partial charge in [-0.15, -0.1) is 0 Å². The minimum atomic E-state index is -4.86. The average molecular weight is 447 g/mol. The molecule has 0 saturated carbocycles. The molecule has 4 rings (SSSR count). The lowest BCUT2D eigenvalue weighted by Gasteiger charge is -2.30. The minimum Gasteiger partial charge on any atom is -0.494 e. The van der Waals surface area contributed by atoms with Crippen molar-refractivity contribution in [3.05, 3.63) is 40.5 Å². The zero-order valence-electron chi connectivity index (χ0n) is 17.0. The van der Waals surface area contributed by atoms with E-state index in [9.17, 15) is 33.4 Å². The summed E-state index contributed by atoms with van der Waals surface area (Å²) in [5.74, 6) is -4.29. The summed E-state index contributed by atoms with van der Waals surface area (Å²) in [4.78, 5) is 12.5. The second kappa shape index (κ2) is 6.40. The zero-order valence-corrected chi connectivity index (χ0v) is 17.0. The molecule has 0 amide bonds. The maximum absolute atomic E-state index is 13.4. The second-order valence-electron chi connectivity index (χ2n) is 8.00. The van der Waals surface area contributed by atoms with E-state index in [0.717, 1.165) is 23.8 Å². The summed E-state index contributed by atoms with van der Waals surface area (Å²) in [6, 6.07) is 6.14. The fraction of sp³-hybridized carbons (Fsp3) is 0.381. The van der Waals surface area contributed by atoms with Crippen molar-refractivity contribution in [2.45, 2.75) is 31.2 Å². The number of aromatic hydroxyl groups is 2. The van der Waals surface area contributed by atoms with Crippen molar-refractivity contribution in [3.8, 4) is 29.6 Å². The number of ether oxygens (including phenoxy) is 2. The third-order valence-corrected chi connectivity index (χ3v) is 6.34. The average Bonchev–Trinajstić information content (AvgIpc) is 3.24. The van der Waals surface area contributed by atoms with E-state index in [1.807, 2.05) is 6.07 Å². The highest BCUT2D eigenvalue weighted by molar-refractivity contribution is 5.79. The lowest BCUT2D eigenvalue weighted by Crippen LogP contribution is -2.41. The molecule has 0 aliphatic carbocycles. The molecule has 0 unspecified atom stereocenters. The first kappa shape index (κ1) is 21.5. The van der Waals surface area contributed by atoms with Gasteiger partial charge in [-0.1, -0.05) is 0 Å². The highest BCUT2D eigenvalue weighted by Crippen LogP contribution is 2.68. The van der Waals surface area contributed by atoms with Crippen LogP contribution in [0.5, 0.6) is 11.8 Å². The lowest BCUT2D eigenvalue weighted by atomic mass is 9.66. The minimum absolute atomic E-state index is 0.00196. The summed E-state index contributed by atoms with van der Waals surface area (Å²) in [6.07, 6.45) is -4.86. The molecule has 8 nitrogen and oxygen atoms in total. The molecule has 1 aromatic heterocycles. The van der Waals surface area contributed by atoms with Crippen LogP contribution in [-0.4, -0.2) is 27.9 Å². The molecule has 2 bridgehead atoms. The van der Waals surface area contributed by atoms with E-state index in [4.69, 9.17) is 14.7 Å². The zero-order chi connectivity index (χ0) is 23.8. The Morgan fingerprint density at radius 1 is 1.19 bits per heavy atom. The van der Waals surface area contributed by atoms with Crippen molar-refractivity contribution in [1.82, 2.24) is 4.57 Å². The predicted molar refractivity (Wildman–Crippen MR) is 99.2 cm³/mol. The summed E-state index contributed by atoms with van der Waals surface area (Å²) in [5, 5.41) is 40.7. The SMILES string of the molecule is COC(=O)[C@@H]1[C@@H](C#N)[C@@]2(C)O[C@]1(C)c1c2c(O)n(-c2ccc(C#N)c(C(F)(F)F)c2)c1O.